The molecule has 0 unspecified atom stereocenters. The van der Waals surface area contributed by atoms with Crippen LogP contribution in [0.2, 0.25) is 5.02 Å². The van der Waals surface area contributed by atoms with Gasteiger partial charge in [-0.3, -0.25) is 4.79 Å². The number of sulfonamides is 1. The van der Waals surface area contributed by atoms with Crippen LogP contribution in [-0.2, 0) is 10.0 Å². The summed E-state index contributed by atoms with van der Waals surface area (Å²) >= 11 is 5.85. The number of rotatable bonds is 6. The predicted octanol–water partition coefficient (Wildman–Crippen LogP) is 4.20. The minimum Gasteiger partial charge on any atom is -0.378 e. The van der Waals surface area contributed by atoms with Crippen LogP contribution >= 0.6 is 11.6 Å². The molecule has 2 aromatic rings. The van der Waals surface area contributed by atoms with Gasteiger partial charge in [0.05, 0.1) is 11.4 Å². The molecule has 1 aliphatic rings. The lowest BCUT2D eigenvalue weighted by Crippen LogP contribution is -2.32. The first-order valence-corrected chi connectivity index (χ1v) is 10.9. The Hall–Kier alpha value is -1.89. The van der Waals surface area contributed by atoms with Gasteiger partial charge in [-0.05, 0) is 49.2 Å². The minimum atomic E-state index is -3.57. The average molecular weight is 407 g/mol. The van der Waals surface area contributed by atoms with Crippen molar-refractivity contribution in [2.75, 3.05) is 25.0 Å². The van der Waals surface area contributed by atoms with E-state index in [1.54, 1.807) is 42.5 Å². The quantitative estimate of drug-likeness (QED) is 0.730. The number of hydrogen-bond acceptors (Lipinski definition) is 4. The summed E-state index contributed by atoms with van der Waals surface area (Å²) in [6.07, 6.45) is 3.87. The second-order valence-electron chi connectivity index (χ2n) is 6.63. The second-order valence-corrected chi connectivity index (χ2v) is 9.00. The summed E-state index contributed by atoms with van der Waals surface area (Å²) in [5.41, 5.74) is 1.16. The van der Waals surface area contributed by atoms with Gasteiger partial charge < -0.3 is 5.32 Å². The number of carbonyl (C=O) groups excluding carboxylic acids is 1. The summed E-state index contributed by atoms with van der Waals surface area (Å²) < 4.78 is 27.4. The van der Waals surface area contributed by atoms with Crippen molar-refractivity contribution >= 4 is 33.1 Å². The van der Waals surface area contributed by atoms with Crippen LogP contribution in [0.15, 0.2) is 53.4 Å². The third-order valence-electron chi connectivity index (χ3n) is 4.66. The van der Waals surface area contributed by atoms with Gasteiger partial charge in [-0.15, -0.1) is 0 Å². The fourth-order valence-electron chi connectivity index (χ4n) is 3.11. The van der Waals surface area contributed by atoms with Gasteiger partial charge in [0.15, 0.2) is 5.78 Å². The highest BCUT2D eigenvalue weighted by molar-refractivity contribution is 7.89. The van der Waals surface area contributed by atoms with E-state index >= 15 is 0 Å². The summed E-state index contributed by atoms with van der Waals surface area (Å²) in [7, 11) is -3.57. The van der Waals surface area contributed by atoms with Crippen LogP contribution in [-0.4, -0.2) is 38.1 Å². The molecule has 1 N–H and O–H groups in total. The highest BCUT2D eigenvalue weighted by atomic mass is 35.5. The smallest absolute Gasteiger partial charge is 0.243 e. The molecule has 1 saturated heterocycles. The van der Waals surface area contributed by atoms with E-state index in [-0.39, 0.29) is 17.2 Å². The number of ketones is 1. The molecule has 7 heteroatoms. The van der Waals surface area contributed by atoms with Gasteiger partial charge in [-0.1, -0.05) is 36.6 Å². The molecule has 0 amide bonds. The largest absolute Gasteiger partial charge is 0.378 e. The van der Waals surface area contributed by atoms with Crippen LogP contribution in [0.1, 0.15) is 36.0 Å². The van der Waals surface area contributed by atoms with Gasteiger partial charge in [0.1, 0.15) is 0 Å². The standard InChI is InChI=1S/C20H23ClN2O3S/c21-17-8-10-18(11-9-17)22-15-20(24)16-6-5-7-19(14-16)27(25,26)23-12-3-1-2-4-13-23/h5-11,14,22H,1-4,12-13,15H2. The topological polar surface area (TPSA) is 66.5 Å². The SMILES string of the molecule is O=C(CNc1ccc(Cl)cc1)c1cccc(S(=O)(=O)N2CCCCCC2)c1. The molecule has 3 rings (SSSR count). The van der Waals surface area contributed by atoms with Crippen LogP contribution in [0, 0.1) is 0 Å². The predicted molar refractivity (Wildman–Crippen MR) is 108 cm³/mol. The van der Waals surface area contributed by atoms with Crippen LogP contribution in [0.3, 0.4) is 0 Å². The van der Waals surface area contributed by atoms with Gasteiger partial charge in [0.25, 0.3) is 0 Å². The molecule has 2 aromatic carbocycles. The van der Waals surface area contributed by atoms with Gasteiger partial charge in [-0.25, -0.2) is 8.42 Å². The highest BCUT2D eigenvalue weighted by Crippen LogP contribution is 2.21. The van der Waals surface area contributed by atoms with Gasteiger partial charge >= 0.3 is 0 Å². The number of halogens is 1. The maximum Gasteiger partial charge on any atom is 0.243 e. The Morgan fingerprint density at radius 2 is 1.67 bits per heavy atom. The molecule has 0 atom stereocenters. The van der Waals surface area contributed by atoms with E-state index in [0.717, 1.165) is 31.4 Å². The lowest BCUT2D eigenvalue weighted by atomic mass is 10.1. The Bertz CT molecular complexity index is 890. The van der Waals surface area contributed by atoms with E-state index in [2.05, 4.69) is 5.32 Å². The molecule has 1 fully saturated rings. The Morgan fingerprint density at radius 3 is 2.33 bits per heavy atom. The molecule has 0 spiro atoms. The Kier molecular flexibility index (Phi) is 6.52. The zero-order valence-corrected chi connectivity index (χ0v) is 16.6. The summed E-state index contributed by atoms with van der Waals surface area (Å²) in [6, 6.07) is 13.4. The van der Waals surface area contributed by atoms with Crippen LogP contribution in [0.5, 0.6) is 0 Å². The summed E-state index contributed by atoms with van der Waals surface area (Å²) in [5, 5.41) is 3.66. The molecule has 144 valence electrons. The first-order chi connectivity index (χ1) is 13.0. The van der Waals surface area contributed by atoms with E-state index < -0.39 is 10.0 Å². The van der Waals surface area contributed by atoms with Crippen LogP contribution in [0.25, 0.3) is 0 Å². The number of nitrogens with zero attached hydrogens (tertiary/aromatic N) is 1. The molecule has 5 nitrogen and oxygen atoms in total. The zero-order valence-electron chi connectivity index (χ0n) is 15.0. The third-order valence-corrected chi connectivity index (χ3v) is 6.80. The normalized spacial score (nSPS) is 15.9. The Labute approximate surface area is 165 Å². The number of nitrogens with one attached hydrogen (secondary N) is 1. The Morgan fingerprint density at radius 1 is 1.00 bits per heavy atom. The summed E-state index contributed by atoms with van der Waals surface area (Å²) in [6.45, 7) is 1.16. The van der Waals surface area contributed by atoms with E-state index in [9.17, 15) is 13.2 Å². The van der Waals surface area contributed by atoms with Crippen molar-refractivity contribution in [1.82, 2.24) is 4.31 Å². The van der Waals surface area contributed by atoms with Crippen LogP contribution < -0.4 is 5.32 Å². The molecule has 0 saturated carbocycles. The monoisotopic (exact) mass is 406 g/mol. The van der Waals surface area contributed by atoms with Crippen molar-refractivity contribution < 1.29 is 13.2 Å². The minimum absolute atomic E-state index is 0.0782. The molecule has 0 radical (unpaired) electrons. The molecule has 0 aliphatic carbocycles. The van der Waals surface area contributed by atoms with Gasteiger partial charge in [0, 0.05) is 29.4 Å². The van der Waals surface area contributed by atoms with E-state index in [0.29, 0.717) is 23.7 Å². The molecular formula is C20H23ClN2O3S. The number of anilines is 1. The number of Topliss-reactive ketones (excluding diaryl/α,β-unsaturated/α-hetero) is 1. The van der Waals surface area contributed by atoms with E-state index in [1.807, 2.05) is 0 Å². The lowest BCUT2D eigenvalue weighted by molar-refractivity contribution is 0.101. The molecule has 27 heavy (non-hydrogen) atoms. The van der Waals surface area contributed by atoms with Crippen molar-refractivity contribution in [2.24, 2.45) is 0 Å². The molecule has 0 bridgehead atoms. The number of carbonyl (C=O) groups is 1. The fraction of sp³-hybridized carbons (Fsp3) is 0.350. The molecule has 0 aromatic heterocycles. The third kappa shape index (κ3) is 5.09. The van der Waals surface area contributed by atoms with Crippen molar-refractivity contribution in [3.8, 4) is 0 Å². The number of hydrogen-bond donors (Lipinski definition) is 1. The van der Waals surface area contributed by atoms with Crippen LogP contribution in [0.4, 0.5) is 5.69 Å². The highest BCUT2D eigenvalue weighted by Gasteiger charge is 2.25. The molecule has 1 heterocycles. The van der Waals surface area contributed by atoms with Crippen molar-refractivity contribution in [3.05, 3.63) is 59.1 Å². The van der Waals surface area contributed by atoms with E-state index in [4.69, 9.17) is 11.6 Å². The first-order valence-electron chi connectivity index (χ1n) is 9.10. The average Bonchev–Trinajstić information content (AvgIpc) is 2.97. The maximum atomic E-state index is 12.9. The van der Waals surface area contributed by atoms with Gasteiger partial charge in [-0.2, -0.15) is 4.31 Å². The first kappa shape index (κ1) is 19.9. The molecule has 1 aliphatic heterocycles. The van der Waals surface area contributed by atoms with E-state index in [1.165, 1.54) is 10.4 Å². The number of benzene rings is 2. The van der Waals surface area contributed by atoms with Crippen molar-refractivity contribution in [2.45, 2.75) is 30.6 Å². The lowest BCUT2D eigenvalue weighted by Gasteiger charge is -2.20. The zero-order chi connectivity index (χ0) is 19.3. The summed E-state index contributed by atoms with van der Waals surface area (Å²) in [4.78, 5) is 12.7. The second kappa shape index (κ2) is 8.87. The Balaban J connectivity index is 1.72. The van der Waals surface area contributed by atoms with Crippen molar-refractivity contribution in [1.29, 1.82) is 0 Å². The summed E-state index contributed by atoms with van der Waals surface area (Å²) in [5.74, 6) is -0.169. The van der Waals surface area contributed by atoms with Gasteiger partial charge in [0.2, 0.25) is 10.0 Å². The molecular weight excluding hydrogens is 384 g/mol. The van der Waals surface area contributed by atoms with Crippen molar-refractivity contribution in [3.63, 3.8) is 0 Å². The maximum absolute atomic E-state index is 12.9. The fourth-order valence-corrected chi connectivity index (χ4v) is 4.80.